The van der Waals surface area contributed by atoms with Gasteiger partial charge in [-0.3, -0.25) is 9.97 Å². The Morgan fingerprint density at radius 2 is 1.72 bits per heavy atom. The van der Waals surface area contributed by atoms with Crippen LogP contribution in [0.3, 0.4) is 0 Å². The highest BCUT2D eigenvalue weighted by Gasteiger charge is 2.09. The number of nitrogens with zero attached hydrogens (tertiary/aromatic N) is 2. The van der Waals surface area contributed by atoms with Crippen LogP contribution < -0.4 is 11.0 Å². The van der Waals surface area contributed by atoms with Gasteiger partial charge in [0.25, 0.3) is 0 Å². The first-order chi connectivity index (χ1) is 8.72. The van der Waals surface area contributed by atoms with Crippen LogP contribution in [0.15, 0.2) is 35.1 Å². The molecule has 1 aromatic carbocycles. The van der Waals surface area contributed by atoms with Gasteiger partial charge in [0.1, 0.15) is 0 Å². The minimum absolute atomic E-state index is 0.196. The van der Waals surface area contributed by atoms with Gasteiger partial charge in [-0.2, -0.15) is 0 Å². The van der Waals surface area contributed by atoms with Crippen molar-refractivity contribution < 1.29 is 0 Å². The highest BCUT2D eigenvalue weighted by atomic mass is 35.5. The van der Waals surface area contributed by atoms with Crippen molar-refractivity contribution >= 4 is 34.4 Å². The predicted octanol–water partition coefficient (Wildman–Crippen LogP) is 2.04. The second-order valence-corrected chi connectivity index (χ2v) is 3.99. The maximum absolute atomic E-state index is 11.1. The third-order valence-corrected chi connectivity index (χ3v) is 2.62. The number of hydrogen-bond acceptors (Lipinski definition) is 4. The summed E-state index contributed by atoms with van der Waals surface area (Å²) in [5.74, 6) is 0.394. The molecule has 0 unspecified atom stereocenters. The van der Waals surface area contributed by atoms with Crippen molar-refractivity contribution in [1.29, 1.82) is 0 Å². The van der Waals surface area contributed by atoms with Crippen LogP contribution in [0.4, 0.5) is 11.5 Å². The van der Waals surface area contributed by atoms with Crippen LogP contribution in [0, 0.1) is 0 Å². The first kappa shape index (κ1) is 10.8. The summed E-state index contributed by atoms with van der Waals surface area (Å²) >= 11 is 5.99. The standard InChI is InChI=1S/C11H8ClN5O/c12-7-8(13-6-4-2-1-3-5-6)15-10-9(14-7)16-11(18)17-10/h1-5H,(H3,13,14,15,16,17,18). The maximum Gasteiger partial charge on any atom is 0.326 e. The Morgan fingerprint density at radius 3 is 2.44 bits per heavy atom. The van der Waals surface area contributed by atoms with Gasteiger partial charge in [-0.25, -0.2) is 14.8 Å². The number of halogens is 1. The molecule has 0 bridgehead atoms. The highest BCUT2D eigenvalue weighted by Crippen LogP contribution is 2.22. The van der Waals surface area contributed by atoms with Crippen LogP contribution in [0.2, 0.25) is 5.15 Å². The van der Waals surface area contributed by atoms with E-state index in [4.69, 9.17) is 11.6 Å². The van der Waals surface area contributed by atoms with Gasteiger partial charge in [-0.05, 0) is 12.1 Å². The molecule has 3 rings (SSSR count). The number of hydrogen-bond donors (Lipinski definition) is 3. The number of nitrogens with one attached hydrogen (secondary N) is 3. The van der Waals surface area contributed by atoms with Gasteiger partial charge < -0.3 is 5.32 Å². The number of aromatic nitrogens is 4. The topological polar surface area (TPSA) is 86.5 Å². The van der Waals surface area contributed by atoms with Crippen LogP contribution in [-0.4, -0.2) is 19.9 Å². The minimum atomic E-state index is -0.363. The summed E-state index contributed by atoms with van der Waals surface area (Å²) in [6.45, 7) is 0. The zero-order valence-corrected chi connectivity index (χ0v) is 9.82. The quantitative estimate of drug-likeness (QED) is 0.659. The molecule has 2 heterocycles. The van der Waals surface area contributed by atoms with Gasteiger partial charge >= 0.3 is 5.69 Å². The summed E-state index contributed by atoms with van der Waals surface area (Å²) in [5.41, 5.74) is 1.18. The molecule has 6 nitrogen and oxygen atoms in total. The Bertz CT molecular complexity index is 749. The molecular formula is C11H8ClN5O. The van der Waals surface area contributed by atoms with Crippen molar-refractivity contribution in [3.05, 3.63) is 46.0 Å². The van der Waals surface area contributed by atoms with E-state index < -0.39 is 0 Å². The van der Waals surface area contributed by atoms with Crippen molar-refractivity contribution in [2.24, 2.45) is 0 Å². The molecule has 3 aromatic rings. The van der Waals surface area contributed by atoms with E-state index in [1.165, 1.54) is 0 Å². The Hall–Kier alpha value is -2.34. The summed E-state index contributed by atoms with van der Waals surface area (Å²) in [6.07, 6.45) is 0. The monoisotopic (exact) mass is 261 g/mol. The van der Waals surface area contributed by atoms with Crippen LogP contribution in [0.5, 0.6) is 0 Å². The third-order valence-electron chi connectivity index (χ3n) is 2.35. The van der Waals surface area contributed by atoms with Crippen LogP contribution in [-0.2, 0) is 0 Å². The first-order valence-corrected chi connectivity index (χ1v) is 5.58. The summed E-state index contributed by atoms with van der Waals surface area (Å²) in [7, 11) is 0. The molecule has 0 aliphatic carbocycles. The van der Waals surface area contributed by atoms with Crippen molar-refractivity contribution in [2.45, 2.75) is 0 Å². The number of benzene rings is 1. The second kappa shape index (κ2) is 4.15. The van der Waals surface area contributed by atoms with Gasteiger partial charge in [0.05, 0.1) is 0 Å². The van der Waals surface area contributed by atoms with Crippen molar-refractivity contribution in [2.75, 3.05) is 5.32 Å². The molecule has 0 aliphatic rings. The number of fused-ring (bicyclic) bond motifs is 1. The second-order valence-electron chi connectivity index (χ2n) is 3.63. The van der Waals surface area contributed by atoms with Gasteiger partial charge in [0.2, 0.25) is 0 Å². The fraction of sp³-hybridized carbons (Fsp3) is 0. The average molecular weight is 262 g/mol. The molecule has 0 amide bonds. The maximum atomic E-state index is 11.1. The lowest BCUT2D eigenvalue weighted by Crippen LogP contribution is -1.99. The van der Waals surface area contributed by atoms with E-state index in [0.717, 1.165) is 5.69 Å². The van der Waals surface area contributed by atoms with Crippen molar-refractivity contribution in [3.8, 4) is 0 Å². The van der Waals surface area contributed by atoms with Crippen molar-refractivity contribution in [3.63, 3.8) is 0 Å². The molecule has 0 aliphatic heterocycles. The van der Waals surface area contributed by atoms with Crippen LogP contribution >= 0.6 is 11.6 Å². The number of imidazole rings is 1. The Balaban J connectivity index is 2.06. The van der Waals surface area contributed by atoms with Gasteiger partial charge in [0, 0.05) is 5.69 Å². The lowest BCUT2D eigenvalue weighted by atomic mass is 10.3. The highest BCUT2D eigenvalue weighted by molar-refractivity contribution is 6.32. The van der Waals surface area contributed by atoms with E-state index in [-0.39, 0.29) is 10.8 Å². The van der Waals surface area contributed by atoms with Crippen molar-refractivity contribution in [1.82, 2.24) is 19.9 Å². The third kappa shape index (κ3) is 1.93. The molecule has 0 fully saturated rings. The summed E-state index contributed by atoms with van der Waals surface area (Å²) in [4.78, 5) is 24.4. The average Bonchev–Trinajstić information content (AvgIpc) is 2.70. The summed E-state index contributed by atoms with van der Waals surface area (Å²) < 4.78 is 0. The number of rotatable bonds is 2. The van der Waals surface area contributed by atoms with Gasteiger partial charge in [-0.1, -0.05) is 29.8 Å². The summed E-state index contributed by atoms with van der Waals surface area (Å²) in [5, 5.41) is 3.23. The molecule has 0 radical (unpaired) electrons. The molecule has 3 N–H and O–H groups in total. The number of anilines is 2. The molecule has 2 aromatic heterocycles. The van der Waals surface area contributed by atoms with E-state index in [1.54, 1.807) is 0 Å². The van der Waals surface area contributed by atoms with E-state index in [0.29, 0.717) is 17.1 Å². The predicted molar refractivity (Wildman–Crippen MR) is 69.2 cm³/mol. The van der Waals surface area contributed by atoms with E-state index >= 15 is 0 Å². The molecule has 18 heavy (non-hydrogen) atoms. The number of H-pyrrole nitrogens is 2. The van der Waals surface area contributed by atoms with Crippen LogP contribution in [0.1, 0.15) is 0 Å². The molecule has 0 saturated carbocycles. The van der Waals surface area contributed by atoms with E-state index in [2.05, 4.69) is 25.3 Å². The van der Waals surface area contributed by atoms with Gasteiger partial charge in [0.15, 0.2) is 22.3 Å². The summed E-state index contributed by atoms with van der Waals surface area (Å²) in [6, 6.07) is 9.44. The molecule has 0 spiro atoms. The smallest absolute Gasteiger partial charge is 0.326 e. The zero-order valence-electron chi connectivity index (χ0n) is 9.07. The lowest BCUT2D eigenvalue weighted by molar-refractivity contribution is 1.20. The van der Waals surface area contributed by atoms with E-state index in [1.807, 2.05) is 30.3 Å². The molecular weight excluding hydrogens is 254 g/mol. The Morgan fingerprint density at radius 1 is 1.06 bits per heavy atom. The molecule has 0 atom stereocenters. The normalized spacial score (nSPS) is 10.7. The van der Waals surface area contributed by atoms with Gasteiger partial charge in [-0.15, -0.1) is 0 Å². The zero-order chi connectivity index (χ0) is 12.5. The SMILES string of the molecule is O=c1[nH]c2nc(Cl)c(Nc3ccccc3)nc2[nH]1. The van der Waals surface area contributed by atoms with E-state index in [9.17, 15) is 4.79 Å². The molecule has 90 valence electrons. The fourth-order valence-electron chi connectivity index (χ4n) is 1.57. The minimum Gasteiger partial charge on any atom is -0.338 e. The Kier molecular flexibility index (Phi) is 2.49. The molecule has 0 saturated heterocycles. The number of para-hydroxylation sites is 1. The fourth-order valence-corrected chi connectivity index (χ4v) is 1.75. The number of aromatic amines is 2. The Labute approximate surface area is 106 Å². The largest absolute Gasteiger partial charge is 0.338 e. The lowest BCUT2D eigenvalue weighted by Gasteiger charge is -2.06. The molecule has 7 heteroatoms. The first-order valence-electron chi connectivity index (χ1n) is 5.20. The van der Waals surface area contributed by atoms with Crippen LogP contribution in [0.25, 0.3) is 11.3 Å².